The van der Waals surface area contributed by atoms with Crippen LogP contribution in [0.5, 0.6) is 0 Å². The molecule has 30 heavy (non-hydrogen) atoms. The van der Waals surface area contributed by atoms with Crippen LogP contribution in [0.2, 0.25) is 0 Å². The molecule has 1 aliphatic rings. The molecule has 0 spiro atoms. The van der Waals surface area contributed by atoms with E-state index in [1.165, 1.54) is 4.68 Å². The average molecular weight is 409 g/mol. The lowest BCUT2D eigenvalue weighted by Gasteiger charge is -2.07. The number of benzene rings is 1. The van der Waals surface area contributed by atoms with Gasteiger partial charge < -0.3 is 5.32 Å². The van der Waals surface area contributed by atoms with Crippen molar-refractivity contribution in [1.29, 1.82) is 0 Å². The van der Waals surface area contributed by atoms with Crippen molar-refractivity contribution in [2.45, 2.75) is 59.0 Å². The van der Waals surface area contributed by atoms with Gasteiger partial charge in [-0.1, -0.05) is 18.6 Å². The van der Waals surface area contributed by atoms with Gasteiger partial charge in [-0.2, -0.15) is 10.2 Å². The summed E-state index contributed by atoms with van der Waals surface area (Å²) in [6.45, 7) is 5.20. The third-order valence-corrected chi connectivity index (χ3v) is 5.50. The highest BCUT2D eigenvalue weighted by Gasteiger charge is 2.17. The van der Waals surface area contributed by atoms with Gasteiger partial charge in [0, 0.05) is 25.2 Å². The van der Waals surface area contributed by atoms with Crippen molar-refractivity contribution in [1.82, 2.24) is 29.4 Å². The molecule has 0 saturated heterocycles. The number of rotatable bonds is 6. The highest BCUT2D eigenvalue weighted by molar-refractivity contribution is 5.75. The van der Waals surface area contributed by atoms with Crippen molar-refractivity contribution < 1.29 is 4.79 Å². The minimum atomic E-state index is -0.190. The van der Waals surface area contributed by atoms with Gasteiger partial charge in [0.25, 0.3) is 0 Å². The summed E-state index contributed by atoms with van der Waals surface area (Å²) < 4.78 is 4.93. The maximum absolute atomic E-state index is 12.4. The smallest absolute Gasteiger partial charge is 0.346 e. The lowest BCUT2D eigenvalue weighted by molar-refractivity contribution is -0.121. The second-order valence-corrected chi connectivity index (χ2v) is 7.92. The van der Waals surface area contributed by atoms with Crippen molar-refractivity contribution in [2.75, 3.05) is 6.54 Å². The van der Waals surface area contributed by atoms with Crippen molar-refractivity contribution >= 4 is 5.91 Å². The minimum Gasteiger partial charge on any atom is -0.354 e. The number of aromatic nitrogens is 5. The van der Waals surface area contributed by atoms with E-state index >= 15 is 0 Å². The van der Waals surface area contributed by atoms with E-state index in [-0.39, 0.29) is 18.1 Å². The monoisotopic (exact) mass is 408 g/mol. The molecule has 0 saturated carbocycles. The molecule has 8 heteroatoms. The molecule has 0 radical (unpaired) electrons. The van der Waals surface area contributed by atoms with E-state index in [1.807, 2.05) is 36.7 Å². The Kier molecular flexibility index (Phi) is 5.83. The second kappa shape index (κ2) is 8.69. The Morgan fingerprint density at radius 2 is 1.90 bits per heavy atom. The largest absolute Gasteiger partial charge is 0.354 e. The minimum absolute atomic E-state index is 0.0320. The predicted octanol–water partition coefficient (Wildman–Crippen LogP) is 1.93. The zero-order valence-corrected chi connectivity index (χ0v) is 17.6. The van der Waals surface area contributed by atoms with Crippen LogP contribution in [0.25, 0.3) is 5.69 Å². The molecule has 0 fully saturated rings. The highest BCUT2D eigenvalue weighted by atomic mass is 16.2. The lowest BCUT2D eigenvalue weighted by atomic mass is 10.1. The third kappa shape index (κ3) is 4.37. The molecule has 1 N–H and O–H groups in total. The van der Waals surface area contributed by atoms with E-state index < -0.39 is 0 Å². The summed E-state index contributed by atoms with van der Waals surface area (Å²) in [5.74, 6) is 0.609. The molecule has 0 bridgehead atoms. The van der Waals surface area contributed by atoms with Gasteiger partial charge in [-0.25, -0.2) is 14.2 Å². The van der Waals surface area contributed by atoms with Crippen molar-refractivity contribution in [3.8, 4) is 5.69 Å². The third-order valence-electron chi connectivity index (χ3n) is 5.50. The van der Waals surface area contributed by atoms with Crippen LogP contribution in [0.4, 0.5) is 0 Å². The predicted molar refractivity (Wildman–Crippen MR) is 114 cm³/mol. The first-order chi connectivity index (χ1) is 14.5. The maximum Gasteiger partial charge on any atom is 0.346 e. The van der Waals surface area contributed by atoms with Crippen LogP contribution in [0.1, 0.15) is 42.0 Å². The number of nitrogens with zero attached hydrogens (tertiary/aromatic N) is 5. The number of hydrogen-bond acceptors (Lipinski definition) is 4. The first kappa shape index (κ1) is 20.1. The molecular formula is C22H28N6O2. The Bertz CT molecular complexity index is 1090. The van der Waals surface area contributed by atoms with E-state index in [4.69, 9.17) is 0 Å². The molecular weight excluding hydrogens is 380 g/mol. The van der Waals surface area contributed by atoms with Crippen LogP contribution < -0.4 is 11.0 Å². The molecule has 4 rings (SSSR count). The van der Waals surface area contributed by atoms with Gasteiger partial charge in [0.05, 0.1) is 11.4 Å². The molecule has 1 amide bonds. The maximum atomic E-state index is 12.4. The quantitative estimate of drug-likeness (QED) is 0.675. The first-order valence-electron chi connectivity index (χ1n) is 10.6. The molecule has 2 aromatic heterocycles. The fraction of sp³-hybridized carbons (Fsp3) is 0.455. The number of aryl methyl sites for hydroxylation is 3. The number of nitrogens with one attached hydrogen (secondary N) is 1. The fourth-order valence-electron chi connectivity index (χ4n) is 3.96. The number of fused-ring (bicyclic) bond motifs is 1. The summed E-state index contributed by atoms with van der Waals surface area (Å²) in [6.07, 6.45) is 4.67. The normalized spacial score (nSPS) is 13.7. The SMILES string of the molecule is Cc1cc(C)n(-c2ccc(CCNC(=O)Cn3nc4n(c3=O)CCCCC4)cc2)n1. The van der Waals surface area contributed by atoms with E-state index in [0.29, 0.717) is 13.1 Å². The van der Waals surface area contributed by atoms with Crippen molar-refractivity contribution in [2.24, 2.45) is 0 Å². The van der Waals surface area contributed by atoms with Crippen molar-refractivity contribution in [3.63, 3.8) is 0 Å². The summed E-state index contributed by atoms with van der Waals surface area (Å²) in [6, 6.07) is 10.2. The lowest BCUT2D eigenvalue weighted by Crippen LogP contribution is -2.34. The van der Waals surface area contributed by atoms with E-state index in [0.717, 1.165) is 60.6 Å². The molecule has 1 aromatic carbocycles. The van der Waals surface area contributed by atoms with Gasteiger partial charge in [-0.3, -0.25) is 9.36 Å². The van der Waals surface area contributed by atoms with Crippen molar-refractivity contribution in [3.05, 3.63) is 63.6 Å². The number of carbonyl (C=O) groups is 1. The van der Waals surface area contributed by atoms with Crippen LogP contribution in [-0.2, 0) is 30.7 Å². The number of carbonyl (C=O) groups excluding carboxylic acids is 1. The van der Waals surface area contributed by atoms with Gasteiger partial charge in [-0.15, -0.1) is 0 Å². The molecule has 0 unspecified atom stereocenters. The summed E-state index contributed by atoms with van der Waals surface area (Å²) in [5.41, 5.74) is 4.06. The zero-order chi connectivity index (χ0) is 21.1. The Morgan fingerprint density at radius 1 is 1.10 bits per heavy atom. The van der Waals surface area contributed by atoms with E-state index in [9.17, 15) is 9.59 Å². The van der Waals surface area contributed by atoms with Gasteiger partial charge in [0.1, 0.15) is 12.4 Å². The molecule has 3 heterocycles. The summed E-state index contributed by atoms with van der Waals surface area (Å²) in [7, 11) is 0. The zero-order valence-electron chi connectivity index (χ0n) is 17.6. The fourth-order valence-corrected chi connectivity index (χ4v) is 3.96. The molecule has 3 aromatic rings. The van der Waals surface area contributed by atoms with Gasteiger partial charge in [-0.05, 0) is 56.9 Å². The van der Waals surface area contributed by atoms with E-state index in [1.54, 1.807) is 4.57 Å². The average Bonchev–Trinajstić information content (AvgIpc) is 3.09. The summed E-state index contributed by atoms with van der Waals surface area (Å²) in [4.78, 5) is 24.7. The topological polar surface area (TPSA) is 86.7 Å². The standard InChI is InChI=1S/C22H28N6O2/c1-16-14-17(2)28(24-16)19-9-7-18(8-10-19)11-12-23-21(29)15-27-22(30)26-13-5-3-4-6-20(26)25-27/h7-10,14H,3-6,11-13,15H2,1-2H3,(H,23,29). The highest BCUT2D eigenvalue weighted by Crippen LogP contribution is 2.13. The van der Waals surface area contributed by atoms with Crippen LogP contribution in [0.15, 0.2) is 35.1 Å². The Labute approximate surface area is 175 Å². The first-order valence-corrected chi connectivity index (χ1v) is 10.6. The molecule has 8 nitrogen and oxygen atoms in total. The van der Waals surface area contributed by atoms with Gasteiger partial charge in [0.15, 0.2) is 0 Å². The number of amides is 1. The van der Waals surface area contributed by atoms with Gasteiger partial charge in [0.2, 0.25) is 5.91 Å². The second-order valence-electron chi connectivity index (χ2n) is 7.92. The summed E-state index contributed by atoms with van der Waals surface area (Å²) in [5, 5.41) is 11.8. The molecule has 158 valence electrons. The Hall–Kier alpha value is -3.16. The molecule has 0 atom stereocenters. The molecule has 1 aliphatic heterocycles. The Balaban J connectivity index is 1.30. The summed E-state index contributed by atoms with van der Waals surface area (Å²) >= 11 is 0. The van der Waals surface area contributed by atoms with Crippen LogP contribution in [0.3, 0.4) is 0 Å². The molecule has 0 aliphatic carbocycles. The van der Waals surface area contributed by atoms with Crippen LogP contribution >= 0.6 is 0 Å². The van der Waals surface area contributed by atoms with Crippen LogP contribution in [-0.4, -0.2) is 36.6 Å². The van der Waals surface area contributed by atoms with Crippen LogP contribution in [0, 0.1) is 13.8 Å². The number of hydrogen-bond donors (Lipinski definition) is 1. The van der Waals surface area contributed by atoms with E-state index in [2.05, 4.69) is 27.6 Å². The van der Waals surface area contributed by atoms with Gasteiger partial charge >= 0.3 is 5.69 Å². The Morgan fingerprint density at radius 3 is 2.63 bits per heavy atom.